The minimum atomic E-state index is -3.73. The second kappa shape index (κ2) is 8.16. The summed E-state index contributed by atoms with van der Waals surface area (Å²) in [5.74, 6) is -0.367. The molecule has 2 heterocycles. The largest absolute Gasteiger partial charge is 0.465 e. The molecule has 3 aromatic rings. The van der Waals surface area contributed by atoms with Crippen LogP contribution < -0.4 is 5.14 Å². The van der Waals surface area contributed by atoms with Crippen LogP contribution in [0.4, 0.5) is 0 Å². The van der Waals surface area contributed by atoms with Crippen molar-refractivity contribution in [2.75, 3.05) is 13.7 Å². The number of carbonyl (C=O) groups excluding carboxylic acids is 2. The monoisotopic (exact) mass is 441 g/mol. The molecule has 0 saturated heterocycles. The van der Waals surface area contributed by atoms with Crippen LogP contribution in [0.5, 0.6) is 0 Å². The van der Waals surface area contributed by atoms with Crippen LogP contribution in [0.2, 0.25) is 0 Å². The zero-order valence-electron chi connectivity index (χ0n) is 17.1. The molecule has 0 radical (unpaired) electrons. The first-order chi connectivity index (χ1) is 14.8. The molecule has 3 N–H and O–H groups in total. The van der Waals surface area contributed by atoms with Crippen LogP contribution in [-0.2, 0) is 38.9 Å². The van der Waals surface area contributed by atoms with Crippen molar-refractivity contribution >= 4 is 32.8 Å². The Morgan fingerprint density at radius 3 is 2.58 bits per heavy atom. The van der Waals surface area contributed by atoms with Gasteiger partial charge >= 0.3 is 5.97 Å². The molecule has 162 valence electrons. The van der Waals surface area contributed by atoms with E-state index in [0.29, 0.717) is 37.9 Å². The van der Waals surface area contributed by atoms with Gasteiger partial charge in [0.2, 0.25) is 15.9 Å². The molecule has 1 aliphatic heterocycles. The highest BCUT2D eigenvalue weighted by Gasteiger charge is 2.24. The lowest BCUT2D eigenvalue weighted by Gasteiger charge is -2.27. The van der Waals surface area contributed by atoms with E-state index < -0.39 is 16.0 Å². The first-order valence-electron chi connectivity index (χ1n) is 9.87. The van der Waals surface area contributed by atoms with Crippen molar-refractivity contribution < 1.29 is 22.7 Å². The molecule has 1 aliphatic rings. The fourth-order valence-corrected chi connectivity index (χ4v) is 4.44. The molecule has 0 bridgehead atoms. The van der Waals surface area contributed by atoms with Gasteiger partial charge in [0.1, 0.15) is 0 Å². The highest BCUT2D eigenvalue weighted by atomic mass is 32.2. The summed E-state index contributed by atoms with van der Waals surface area (Å²) in [7, 11) is -2.38. The van der Waals surface area contributed by atoms with E-state index in [1.807, 2.05) is 11.0 Å². The molecular formula is C22H23N3O5S. The number of nitrogens with two attached hydrogens (primary N) is 1. The average Bonchev–Trinajstić information content (AvgIpc) is 3.13. The second-order valence-corrected chi connectivity index (χ2v) is 9.15. The number of ether oxygens (including phenoxy) is 1. The molecular weight excluding hydrogens is 418 g/mol. The summed E-state index contributed by atoms with van der Waals surface area (Å²) in [6, 6.07) is 11.6. The molecule has 4 rings (SSSR count). The lowest BCUT2D eigenvalue weighted by atomic mass is 10.0. The number of hydrogen-bond acceptors (Lipinski definition) is 5. The summed E-state index contributed by atoms with van der Waals surface area (Å²) in [5.41, 5.74) is 4.39. The molecule has 0 atom stereocenters. The Balaban J connectivity index is 1.46. The second-order valence-electron chi connectivity index (χ2n) is 7.59. The minimum absolute atomic E-state index is 0.0274. The van der Waals surface area contributed by atoms with E-state index in [1.165, 1.54) is 19.2 Å². The first-order valence-corrected chi connectivity index (χ1v) is 11.4. The van der Waals surface area contributed by atoms with E-state index in [-0.39, 0.29) is 10.8 Å². The number of nitrogens with zero attached hydrogens (tertiary/aromatic N) is 1. The topological polar surface area (TPSA) is 123 Å². The number of sulfonamides is 1. The van der Waals surface area contributed by atoms with Gasteiger partial charge in [-0.05, 0) is 42.3 Å². The molecule has 0 spiro atoms. The Hall–Kier alpha value is -3.17. The van der Waals surface area contributed by atoms with Crippen molar-refractivity contribution in [1.29, 1.82) is 0 Å². The quantitative estimate of drug-likeness (QED) is 0.587. The predicted octanol–water partition coefficient (Wildman–Crippen LogP) is 2.12. The Morgan fingerprint density at radius 2 is 1.90 bits per heavy atom. The van der Waals surface area contributed by atoms with Crippen LogP contribution in [0.25, 0.3) is 10.9 Å². The molecule has 1 amide bonds. The number of fused-ring (bicyclic) bond motifs is 3. The van der Waals surface area contributed by atoms with E-state index in [4.69, 9.17) is 9.88 Å². The lowest BCUT2D eigenvalue weighted by molar-refractivity contribution is -0.132. The van der Waals surface area contributed by atoms with E-state index in [2.05, 4.69) is 4.98 Å². The van der Waals surface area contributed by atoms with Crippen LogP contribution in [0.3, 0.4) is 0 Å². The number of H-pyrrole nitrogens is 1. The van der Waals surface area contributed by atoms with Crippen molar-refractivity contribution in [2.24, 2.45) is 5.14 Å². The van der Waals surface area contributed by atoms with E-state index >= 15 is 0 Å². The smallest absolute Gasteiger partial charge is 0.337 e. The molecule has 2 aromatic carbocycles. The van der Waals surface area contributed by atoms with Crippen molar-refractivity contribution in [3.63, 3.8) is 0 Å². The van der Waals surface area contributed by atoms with Gasteiger partial charge in [0, 0.05) is 48.1 Å². The average molecular weight is 442 g/mol. The third kappa shape index (κ3) is 4.33. The third-order valence-corrected chi connectivity index (χ3v) is 6.56. The van der Waals surface area contributed by atoms with Crippen molar-refractivity contribution in [2.45, 2.75) is 30.7 Å². The van der Waals surface area contributed by atoms with Gasteiger partial charge in [0.25, 0.3) is 0 Å². The number of benzene rings is 2. The van der Waals surface area contributed by atoms with Crippen molar-refractivity contribution in [1.82, 2.24) is 9.88 Å². The Kier molecular flexibility index (Phi) is 5.55. The van der Waals surface area contributed by atoms with Crippen LogP contribution in [0, 0.1) is 0 Å². The van der Waals surface area contributed by atoms with Gasteiger partial charge in [-0.25, -0.2) is 18.4 Å². The van der Waals surface area contributed by atoms with Gasteiger partial charge in [0.05, 0.1) is 17.6 Å². The number of methoxy groups -OCH3 is 1. The predicted molar refractivity (Wildman–Crippen MR) is 115 cm³/mol. The van der Waals surface area contributed by atoms with Gasteiger partial charge < -0.3 is 14.6 Å². The van der Waals surface area contributed by atoms with E-state index in [0.717, 1.165) is 27.7 Å². The van der Waals surface area contributed by atoms with Gasteiger partial charge in [-0.15, -0.1) is 0 Å². The van der Waals surface area contributed by atoms with E-state index in [9.17, 15) is 18.0 Å². The van der Waals surface area contributed by atoms with Crippen molar-refractivity contribution in [3.05, 3.63) is 64.8 Å². The van der Waals surface area contributed by atoms with Gasteiger partial charge in [-0.1, -0.05) is 12.1 Å². The number of aromatic nitrogens is 1. The van der Waals surface area contributed by atoms with Crippen LogP contribution >= 0.6 is 0 Å². The molecule has 0 fully saturated rings. The molecule has 1 aromatic heterocycles. The first kappa shape index (κ1) is 21.1. The zero-order valence-corrected chi connectivity index (χ0v) is 17.9. The Labute approximate surface area is 180 Å². The molecule has 0 aliphatic carbocycles. The zero-order chi connectivity index (χ0) is 22.2. The normalized spacial score (nSPS) is 13.8. The van der Waals surface area contributed by atoms with Gasteiger partial charge in [-0.2, -0.15) is 0 Å². The van der Waals surface area contributed by atoms with Gasteiger partial charge in [0.15, 0.2) is 0 Å². The summed E-state index contributed by atoms with van der Waals surface area (Å²) >= 11 is 0. The molecule has 9 heteroatoms. The number of amides is 1. The molecule has 31 heavy (non-hydrogen) atoms. The number of aryl methyl sites for hydroxylation is 1. The Bertz CT molecular complexity index is 1260. The molecule has 0 unspecified atom stereocenters. The number of hydrogen-bond donors (Lipinski definition) is 2. The fraction of sp³-hybridized carbons (Fsp3) is 0.273. The maximum absolute atomic E-state index is 12.8. The SMILES string of the molecule is COC(=O)c1ccc2[nH]c3c(c2c1)CN(C(=O)CCc1ccc(S(N)(=O)=O)cc1)CC3. The van der Waals surface area contributed by atoms with Crippen LogP contribution in [0.1, 0.15) is 33.6 Å². The number of nitrogens with one attached hydrogen (secondary N) is 1. The summed E-state index contributed by atoms with van der Waals surface area (Å²) in [6.45, 7) is 1.09. The van der Waals surface area contributed by atoms with E-state index in [1.54, 1.807) is 24.3 Å². The maximum atomic E-state index is 12.8. The van der Waals surface area contributed by atoms with Gasteiger partial charge in [-0.3, -0.25) is 4.79 Å². The number of rotatable bonds is 5. The summed E-state index contributed by atoms with van der Waals surface area (Å²) in [5, 5.41) is 6.04. The number of aromatic amines is 1. The minimum Gasteiger partial charge on any atom is -0.465 e. The summed E-state index contributed by atoms with van der Waals surface area (Å²) in [6.07, 6.45) is 1.54. The standard InChI is InChI=1S/C22H23N3O5S/c1-30-22(27)15-5-8-19-17(12-15)18-13-25(11-10-20(18)24-19)21(26)9-4-14-2-6-16(7-3-14)31(23,28)29/h2-3,5-8,12,24H,4,9-11,13H2,1H3,(H2,23,28,29). The summed E-state index contributed by atoms with van der Waals surface area (Å²) in [4.78, 5) is 29.9. The lowest BCUT2D eigenvalue weighted by Crippen LogP contribution is -2.35. The highest BCUT2D eigenvalue weighted by molar-refractivity contribution is 7.89. The Morgan fingerprint density at radius 1 is 1.16 bits per heavy atom. The van der Waals surface area contributed by atoms with Crippen LogP contribution in [0.15, 0.2) is 47.4 Å². The summed E-state index contributed by atoms with van der Waals surface area (Å²) < 4.78 is 27.5. The third-order valence-electron chi connectivity index (χ3n) is 5.63. The molecule has 8 nitrogen and oxygen atoms in total. The highest BCUT2D eigenvalue weighted by Crippen LogP contribution is 2.29. The number of primary sulfonamides is 1. The van der Waals surface area contributed by atoms with Crippen molar-refractivity contribution in [3.8, 4) is 0 Å². The molecule has 0 saturated carbocycles. The fourth-order valence-electron chi connectivity index (χ4n) is 3.93. The van der Waals surface area contributed by atoms with Crippen LogP contribution in [-0.4, -0.2) is 43.8 Å². The number of esters is 1. The maximum Gasteiger partial charge on any atom is 0.337 e. The number of carbonyl (C=O) groups is 2.